The van der Waals surface area contributed by atoms with Gasteiger partial charge in [-0.2, -0.15) is 0 Å². The second-order valence-corrected chi connectivity index (χ2v) is 8.93. The topological polar surface area (TPSA) is 179 Å². The fraction of sp³-hybridized carbons (Fsp3) is 0.276. The summed E-state index contributed by atoms with van der Waals surface area (Å²) in [5.74, 6) is -0.853. The number of para-hydroxylation sites is 1. The van der Waals surface area contributed by atoms with Crippen LogP contribution in [0.3, 0.4) is 0 Å². The molecule has 0 unspecified atom stereocenters. The lowest BCUT2D eigenvalue weighted by Crippen LogP contribution is -2.29. The third-order valence-corrected chi connectivity index (χ3v) is 5.55. The largest absolute Gasteiger partial charge is 0.496 e. The molecule has 3 aromatic carbocycles. The third-order valence-electron chi connectivity index (χ3n) is 4.99. The summed E-state index contributed by atoms with van der Waals surface area (Å²) in [5, 5.41) is 17.6. The maximum atomic E-state index is 10.2. The van der Waals surface area contributed by atoms with Crippen molar-refractivity contribution in [3.8, 4) is 5.75 Å². The van der Waals surface area contributed by atoms with Gasteiger partial charge in [0.1, 0.15) is 11.8 Å². The Morgan fingerprint density at radius 2 is 1.57 bits per heavy atom. The average Bonchev–Trinajstić information content (AvgIpc) is 2.94. The molecule has 0 aliphatic heterocycles. The molecule has 0 amide bonds. The second kappa shape index (κ2) is 22.4. The Balaban J connectivity index is 0.000000507. The predicted molar refractivity (Wildman–Crippen MR) is 159 cm³/mol. The first-order valence-electron chi connectivity index (χ1n) is 12.3. The maximum absolute atomic E-state index is 10.2. The molecule has 3 aromatic rings. The number of aldehydes is 1. The lowest BCUT2D eigenvalue weighted by molar-refractivity contribution is -0.139. The van der Waals surface area contributed by atoms with Crippen LogP contribution in [-0.4, -0.2) is 48.1 Å². The van der Waals surface area contributed by atoms with Crippen LogP contribution < -0.4 is 21.9 Å². The zero-order valence-electron chi connectivity index (χ0n) is 22.3. The van der Waals surface area contributed by atoms with E-state index >= 15 is 0 Å². The van der Waals surface area contributed by atoms with Crippen LogP contribution in [0.25, 0.3) is 0 Å². The fourth-order valence-corrected chi connectivity index (χ4v) is 3.32. The van der Waals surface area contributed by atoms with E-state index in [2.05, 4.69) is 0 Å². The highest BCUT2D eigenvalue weighted by molar-refractivity contribution is 6.36. The highest BCUT2D eigenvalue weighted by Crippen LogP contribution is 2.19. The number of carboxylic acid groups (broad SMARTS) is 2. The predicted octanol–water partition coefficient (Wildman–Crippen LogP) is 4.80. The van der Waals surface area contributed by atoms with Crippen LogP contribution in [0.15, 0.2) is 72.8 Å². The van der Waals surface area contributed by atoms with Crippen LogP contribution in [0.4, 0.5) is 0 Å². The Kier molecular flexibility index (Phi) is 20.4. The number of carbonyl (C=O) groups is 3. The van der Waals surface area contributed by atoms with Gasteiger partial charge in [-0.15, -0.1) is 0 Å². The van der Waals surface area contributed by atoms with Gasteiger partial charge in [-0.1, -0.05) is 78.2 Å². The van der Waals surface area contributed by atoms with Gasteiger partial charge < -0.3 is 32.2 Å². The molecule has 0 aliphatic carbocycles. The summed E-state index contributed by atoms with van der Waals surface area (Å²) in [6, 6.07) is 20.9. The van der Waals surface area contributed by atoms with Crippen molar-refractivity contribution in [2.75, 3.05) is 13.7 Å². The summed E-state index contributed by atoms with van der Waals surface area (Å²) >= 11 is 11.2. The zero-order chi connectivity index (χ0) is 30.3. The van der Waals surface area contributed by atoms with Crippen LogP contribution in [0.1, 0.15) is 40.7 Å². The van der Waals surface area contributed by atoms with E-state index in [1.165, 1.54) is 6.07 Å². The van der Waals surface area contributed by atoms with Crippen LogP contribution in [-0.2, 0) is 22.6 Å². The molecule has 0 aromatic heterocycles. The quantitative estimate of drug-likeness (QED) is 0.163. The summed E-state index contributed by atoms with van der Waals surface area (Å²) in [5.41, 5.74) is 18.2. The van der Waals surface area contributed by atoms with Crippen molar-refractivity contribution in [3.63, 3.8) is 0 Å². The summed E-state index contributed by atoms with van der Waals surface area (Å²) < 4.78 is 5.06. The highest BCUT2D eigenvalue weighted by atomic mass is 35.5. The lowest BCUT2D eigenvalue weighted by atomic mass is 10.1. The Morgan fingerprint density at radius 1 is 0.950 bits per heavy atom. The van der Waals surface area contributed by atoms with E-state index in [0.29, 0.717) is 41.4 Å². The molecule has 0 bridgehead atoms. The molecule has 0 spiro atoms. The molecule has 1 atom stereocenters. The smallest absolute Gasteiger partial charge is 0.320 e. The molecule has 0 fully saturated rings. The van der Waals surface area contributed by atoms with E-state index in [1.807, 2.05) is 42.5 Å². The molecule has 3 rings (SSSR count). The van der Waals surface area contributed by atoms with Crippen molar-refractivity contribution < 1.29 is 29.3 Å². The van der Waals surface area contributed by atoms with Crippen molar-refractivity contribution in [1.29, 1.82) is 0 Å². The minimum Gasteiger partial charge on any atom is -0.496 e. The number of methoxy groups -OCH3 is 1. The van der Waals surface area contributed by atoms with Crippen LogP contribution in [0, 0.1) is 0 Å². The minimum absolute atomic E-state index is 0.112. The Morgan fingerprint density at radius 3 is 2.05 bits per heavy atom. The number of halogens is 2. The third kappa shape index (κ3) is 17.2. The van der Waals surface area contributed by atoms with Gasteiger partial charge in [-0.05, 0) is 49.2 Å². The van der Waals surface area contributed by atoms with Crippen molar-refractivity contribution >= 4 is 41.4 Å². The van der Waals surface area contributed by atoms with Crippen LogP contribution in [0.2, 0.25) is 10.0 Å². The zero-order valence-corrected chi connectivity index (χ0v) is 23.9. The Hall–Kier alpha value is -3.47. The van der Waals surface area contributed by atoms with E-state index in [-0.39, 0.29) is 6.42 Å². The summed E-state index contributed by atoms with van der Waals surface area (Å²) in [7, 11) is 1.65. The number of unbranched alkanes of at least 4 members (excludes halogenated alkanes) is 1. The maximum Gasteiger partial charge on any atom is 0.320 e. The van der Waals surface area contributed by atoms with E-state index < -0.39 is 18.0 Å². The Bertz CT molecular complexity index is 1130. The van der Waals surface area contributed by atoms with E-state index in [4.69, 9.17) is 55.4 Å². The van der Waals surface area contributed by atoms with Crippen LogP contribution >= 0.6 is 23.2 Å². The molecule has 0 saturated heterocycles. The second-order valence-electron chi connectivity index (χ2n) is 8.08. The van der Waals surface area contributed by atoms with E-state index in [0.717, 1.165) is 29.7 Å². The van der Waals surface area contributed by atoms with Crippen molar-refractivity contribution in [2.45, 2.75) is 38.3 Å². The molecule has 0 saturated carbocycles. The first-order valence-corrected chi connectivity index (χ1v) is 13.0. The molecule has 11 heteroatoms. The normalized spacial score (nSPS) is 10.2. The first kappa shape index (κ1) is 36.5. The SMILES string of the molecule is COc1ccccc1CN.NCCCC[C@H](N)C(=O)O.O=C(O)Cc1ccccc1.O=Cc1ccc(Cl)cc1Cl. The van der Waals surface area contributed by atoms with Crippen LogP contribution in [0.5, 0.6) is 5.75 Å². The van der Waals surface area contributed by atoms with Gasteiger partial charge in [0.15, 0.2) is 6.29 Å². The lowest BCUT2D eigenvalue weighted by Gasteiger charge is -2.03. The highest BCUT2D eigenvalue weighted by Gasteiger charge is 2.09. The number of rotatable bonds is 10. The fourth-order valence-electron chi connectivity index (χ4n) is 2.87. The van der Waals surface area contributed by atoms with Gasteiger partial charge in [-0.25, -0.2) is 0 Å². The average molecular weight is 595 g/mol. The van der Waals surface area contributed by atoms with Gasteiger partial charge in [0.25, 0.3) is 0 Å². The molecular formula is C29H37Cl2N3O6. The van der Waals surface area contributed by atoms with E-state index in [9.17, 15) is 14.4 Å². The number of hydrogen-bond acceptors (Lipinski definition) is 7. The number of nitrogens with two attached hydrogens (primary N) is 3. The van der Waals surface area contributed by atoms with Gasteiger partial charge >= 0.3 is 11.9 Å². The van der Waals surface area contributed by atoms with E-state index in [1.54, 1.807) is 31.4 Å². The van der Waals surface area contributed by atoms with Gasteiger partial charge in [0, 0.05) is 22.7 Å². The molecule has 0 radical (unpaired) electrons. The monoisotopic (exact) mass is 593 g/mol. The summed E-state index contributed by atoms with van der Waals surface area (Å²) in [6.07, 6.45) is 2.97. The minimum atomic E-state index is -0.933. The number of hydrogen-bond donors (Lipinski definition) is 5. The first-order chi connectivity index (χ1) is 19.1. The van der Waals surface area contributed by atoms with Crippen molar-refractivity contribution in [1.82, 2.24) is 0 Å². The molecule has 9 nitrogen and oxygen atoms in total. The number of carboxylic acids is 2. The number of ether oxygens (including phenoxy) is 1. The summed E-state index contributed by atoms with van der Waals surface area (Å²) in [4.78, 5) is 30.5. The molecular weight excluding hydrogens is 557 g/mol. The number of carbonyl (C=O) groups excluding carboxylic acids is 1. The van der Waals surface area contributed by atoms with Gasteiger partial charge in [0.05, 0.1) is 18.6 Å². The number of aliphatic carboxylic acids is 2. The molecule has 40 heavy (non-hydrogen) atoms. The Labute approximate surface area is 244 Å². The molecule has 218 valence electrons. The molecule has 0 aliphatic rings. The van der Waals surface area contributed by atoms with Crippen molar-refractivity contribution in [3.05, 3.63) is 99.5 Å². The standard InChI is InChI=1S/C8H11NO.C8H8O2.C7H4Cl2O.C6H14N2O2/c1-10-8-5-3-2-4-7(8)6-9;9-8(10)6-7-4-2-1-3-5-7;8-6-2-1-5(4-10)7(9)3-6;7-4-2-1-3-5(8)6(9)10/h2-5H,6,9H2,1H3;1-5H,6H2,(H,9,10);1-4H;5H,1-4,7-8H2,(H,9,10)/t;;;5-/m...0/s1. The van der Waals surface area contributed by atoms with Gasteiger partial charge in [0.2, 0.25) is 0 Å². The number of benzene rings is 3. The van der Waals surface area contributed by atoms with Gasteiger partial charge in [-0.3, -0.25) is 14.4 Å². The molecule has 0 heterocycles. The molecule has 8 N–H and O–H groups in total. The summed E-state index contributed by atoms with van der Waals surface area (Å²) in [6.45, 7) is 1.14. The van der Waals surface area contributed by atoms with Crippen molar-refractivity contribution in [2.24, 2.45) is 17.2 Å².